The number of hydrogen-bond donors (Lipinski definition) is 2. The summed E-state index contributed by atoms with van der Waals surface area (Å²) in [6.07, 6.45) is 4.01. The summed E-state index contributed by atoms with van der Waals surface area (Å²) < 4.78 is 5.93. The van der Waals surface area contributed by atoms with Crippen LogP contribution in [0.3, 0.4) is 0 Å². The second-order valence-corrected chi connectivity index (χ2v) is 8.96. The molecular weight excluding hydrogens is 336 g/mol. The number of nitrogens with one attached hydrogen (secondary N) is 2. The number of guanidine groups is 1. The van der Waals surface area contributed by atoms with Crippen molar-refractivity contribution in [3.05, 3.63) is 35.9 Å². The van der Waals surface area contributed by atoms with Gasteiger partial charge in [-0.25, -0.2) is 0 Å². The van der Waals surface area contributed by atoms with Crippen LogP contribution in [0.2, 0.25) is 0 Å². The van der Waals surface area contributed by atoms with E-state index in [9.17, 15) is 0 Å². The quantitative estimate of drug-likeness (QED) is 0.632. The van der Waals surface area contributed by atoms with Crippen LogP contribution in [-0.2, 0) is 11.3 Å². The van der Waals surface area contributed by atoms with Gasteiger partial charge < -0.3 is 15.4 Å². The second kappa shape index (κ2) is 7.80. The van der Waals surface area contributed by atoms with Gasteiger partial charge in [-0.1, -0.05) is 44.2 Å². The molecule has 2 saturated heterocycles. The lowest BCUT2D eigenvalue weighted by Crippen LogP contribution is -2.68. The summed E-state index contributed by atoms with van der Waals surface area (Å²) in [7, 11) is 1.88. The number of benzene rings is 1. The highest BCUT2D eigenvalue weighted by Gasteiger charge is 2.59. The molecule has 0 radical (unpaired) electrons. The molecule has 0 aromatic heterocycles. The van der Waals surface area contributed by atoms with Gasteiger partial charge in [-0.3, -0.25) is 9.89 Å². The molecule has 4 unspecified atom stereocenters. The number of aliphatic imine (C=N–C) groups is 1. The highest BCUT2D eigenvalue weighted by atomic mass is 16.5. The molecule has 1 saturated carbocycles. The minimum absolute atomic E-state index is 0.171. The molecule has 0 spiro atoms. The summed E-state index contributed by atoms with van der Waals surface area (Å²) in [5.41, 5.74) is 1.56. The lowest BCUT2D eigenvalue weighted by atomic mass is 9.57. The van der Waals surface area contributed by atoms with Crippen molar-refractivity contribution in [1.82, 2.24) is 15.5 Å². The van der Waals surface area contributed by atoms with Crippen LogP contribution in [-0.4, -0.2) is 55.8 Å². The average molecular weight is 371 g/mol. The number of nitrogens with zero attached hydrogens (tertiary/aromatic N) is 2. The lowest BCUT2D eigenvalue weighted by molar-refractivity contribution is -0.106. The molecular formula is C22H34N4O. The van der Waals surface area contributed by atoms with Gasteiger partial charge in [0.05, 0.1) is 6.10 Å². The maximum absolute atomic E-state index is 5.93. The number of hydrogen-bond acceptors (Lipinski definition) is 3. The van der Waals surface area contributed by atoms with Crippen molar-refractivity contribution in [1.29, 1.82) is 0 Å². The standard InChI is InChI=1S/C22H34N4O/c1-22(2)19(18-11-13-27-20(18)22)25-21(23-3)24-17-10-7-12-26(15-17)14-16-8-5-4-6-9-16/h4-6,8-9,17-20H,7,10-15H2,1-3H3,(H2,23,24,25). The fourth-order valence-corrected chi connectivity index (χ4v) is 5.29. The number of ether oxygens (including phenoxy) is 1. The van der Waals surface area contributed by atoms with Crippen molar-refractivity contribution in [3.8, 4) is 0 Å². The zero-order valence-corrected chi connectivity index (χ0v) is 16.9. The molecule has 2 heterocycles. The first-order valence-electron chi connectivity index (χ1n) is 10.5. The van der Waals surface area contributed by atoms with E-state index in [4.69, 9.17) is 4.74 Å². The summed E-state index contributed by atoms with van der Waals surface area (Å²) in [6, 6.07) is 11.7. The minimum atomic E-state index is 0.171. The molecule has 5 nitrogen and oxygen atoms in total. The third-order valence-corrected chi connectivity index (χ3v) is 6.71. The van der Waals surface area contributed by atoms with Crippen LogP contribution in [0.15, 0.2) is 35.3 Å². The molecule has 1 aliphatic carbocycles. The molecule has 3 aliphatic rings. The van der Waals surface area contributed by atoms with Crippen LogP contribution >= 0.6 is 0 Å². The van der Waals surface area contributed by atoms with Gasteiger partial charge in [0.1, 0.15) is 0 Å². The smallest absolute Gasteiger partial charge is 0.191 e. The second-order valence-electron chi connectivity index (χ2n) is 8.96. The Morgan fingerprint density at radius 3 is 2.81 bits per heavy atom. The van der Waals surface area contributed by atoms with E-state index in [1.165, 1.54) is 24.9 Å². The van der Waals surface area contributed by atoms with Crippen molar-refractivity contribution < 1.29 is 4.74 Å². The van der Waals surface area contributed by atoms with E-state index in [-0.39, 0.29) is 5.41 Å². The summed E-state index contributed by atoms with van der Waals surface area (Å²) in [5, 5.41) is 7.41. The van der Waals surface area contributed by atoms with Crippen molar-refractivity contribution in [2.75, 3.05) is 26.7 Å². The largest absolute Gasteiger partial charge is 0.377 e. The van der Waals surface area contributed by atoms with E-state index in [0.29, 0.717) is 24.1 Å². The number of rotatable bonds is 4. The van der Waals surface area contributed by atoms with Crippen LogP contribution < -0.4 is 10.6 Å². The summed E-state index contributed by atoms with van der Waals surface area (Å²) in [6.45, 7) is 8.80. The molecule has 0 amide bonds. The van der Waals surface area contributed by atoms with Crippen molar-refractivity contribution in [3.63, 3.8) is 0 Å². The maximum Gasteiger partial charge on any atom is 0.191 e. The molecule has 1 aromatic carbocycles. The van der Waals surface area contributed by atoms with Crippen LogP contribution in [0.4, 0.5) is 0 Å². The first-order valence-corrected chi connectivity index (χ1v) is 10.5. The van der Waals surface area contributed by atoms with Gasteiger partial charge in [0.15, 0.2) is 5.96 Å². The van der Waals surface area contributed by atoms with Gasteiger partial charge in [-0.15, -0.1) is 0 Å². The maximum atomic E-state index is 5.93. The van der Waals surface area contributed by atoms with E-state index in [1.54, 1.807) is 0 Å². The lowest BCUT2D eigenvalue weighted by Gasteiger charge is -2.55. The molecule has 0 bridgehead atoms. The Balaban J connectivity index is 1.32. The Morgan fingerprint density at radius 1 is 1.22 bits per heavy atom. The monoisotopic (exact) mass is 370 g/mol. The summed E-state index contributed by atoms with van der Waals surface area (Å²) in [5.74, 6) is 1.57. The van der Waals surface area contributed by atoms with Gasteiger partial charge in [0, 0.05) is 50.2 Å². The topological polar surface area (TPSA) is 48.9 Å². The summed E-state index contributed by atoms with van der Waals surface area (Å²) in [4.78, 5) is 7.08. The average Bonchev–Trinajstić information content (AvgIpc) is 3.13. The van der Waals surface area contributed by atoms with E-state index in [2.05, 4.69) is 64.7 Å². The fraction of sp³-hybridized carbons (Fsp3) is 0.682. The highest BCUT2D eigenvalue weighted by Crippen LogP contribution is 2.52. The Hall–Kier alpha value is -1.59. The van der Waals surface area contributed by atoms with Crippen molar-refractivity contribution in [2.24, 2.45) is 16.3 Å². The summed E-state index contributed by atoms with van der Waals surface area (Å²) >= 11 is 0. The molecule has 1 aromatic rings. The Morgan fingerprint density at radius 2 is 2.04 bits per heavy atom. The molecule has 4 atom stereocenters. The third-order valence-electron chi connectivity index (χ3n) is 6.71. The van der Waals surface area contributed by atoms with Crippen LogP contribution in [0.25, 0.3) is 0 Å². The number of piperidine rings is 1. The van der Waals surface area contributed by atoms with Crippen LogP contribution in [0.5, 0.6) is 0 Å². The van der Waals surface area contributed by atoms with E-state index in [1.807, 2.05) is 7.05 Å². The Bertz CT molecular complexity index is 660. The van der Waals surface area contributed by atoms with E-state index in [0.717, 1.165) is 32.1 Å². The van der Waals surface area contributed by atoms with E-state index < -0.39 is 0 Å². The van der Waals surface area contributed by atoms with Crippen molar-refractivity contribution in [2.45, 2.75) is 57.8 Å². The zero-order valence-electron chi connectivity index (χ0n) is 16.9. The third kappa shape index (κ3) is 3.85. The molecule has 2 N–H and O–H groups in total. The molecule has 4 rings (SSSR count). The Kier molecular flexibility index (Phi) is 5.42. The molecule has 27 heavy (non-hydrogen) atoms. The first kappa shape index (κ1) is 18.8. The van der Waals surface area contributed by atoms with Crippen LogP contribution in [0.1, 0.15) is 38.7 Å². The number of likely N-dealkylation sites (tertiary alicyclic amines) is 1. The Labute approximate surface area is 163 Å². The predicted octanol–water partition coefficient (Wildman–Crippen LogP) is 2.63. The van der Waals surface area contributed by atoms with Gasteiger partial charge in [0.2, 0.25) is 0 Å². The van der Waals surface area contributed by atoms with Gasteiger partial charge in [0.25, 0.3) is 0 Å². The van der Waals surface area contributed by atoms with Crippen LogP contribution in [0, 0.1) is 11.3 Å². The first-order chi connectivity index (χ1) is 13.1. The molecule has 3 fully saturated rings. The van der Waals surface area contributed by atoms with Crippen molar-refractivity contribution >= 4 is 5.96 Å². The van der Waals surface area contributed by atoms with Gasteiger partial charge in [-0.05, 0) is 31.4 Å². The van der Waals surface area contributed by atoms with Gasteiger partial charge >= 0.3 is 0 Å². The molecule has 2 aliphatic heterocycles. The molecule has 148 valence electrons. The zero-order chi connectivity index (χ0) is 18.9. The molecule has 5 heteroatoms. The minimum Gasteiger partial charge on any atom is -0.377 e. The normalized spacial score (nSPS) is 33.2. The SMILES string of the molecule is CN=C(NC1CCCN(Cc2ccccc2)C1)NC1C2CCOC2C1(C)C. The predicted molar refractivity (Wildman–Crippen MR) is 110 cm³/mol. The van der Waals surface area contributed by atoms with E-state index >= 15 is 0 Å². The number of fused-ring (bicyclic) bond motifs is 1. The van der Waals surface area contributed by atoms with Gasteiger partial charge in [-0.2, -0.15) is 0 Å². The highest BCUT2D eigenvalue weighted by molar-refractivity contribution is 5.80. The fourth-order valence-electron chi connectivity index (χ4n) is 5.29.